The van der Waals surface area contributed by atoms with Crippen molar-refractivity contribution >= 4 is 16.7 Å². The molecule has 0 radical (unpaired) electrons. The topological polar surface area (TPSA) is 32.3 Å². The van der Waals surface area contributed by atoms with Crippen LogP contribution in [0.5, 0.6) is 0 Å². The molecule has 1 fully saturated rings. The maximum Gasteiger partial charge on any atom is 0.417 e. The van der Waals surface area contributed by atoms with Crippen LogP contribution in [0.3, 0.4) is 0 Å². The lowest BCUT2D eigenvalue weighted by Crippen LogP contribution is -2.54. The largest absolute Gasteiger partial charge is 0.417 e. The maximum absolute atomic E-state index is 13.5. The second-order valence-electron chi connectivity index (χ2n) is 8.00. The molecule has 0 aromatic heterocycles. The number of alkyl halides is 6. The molecule has 1 saturated heterocycles. The highest BCUT2D eigenvalue weighted by atomic mass is 19.4. The maximum atomic E-state index is 13.5. The minimum Gasteiger partial charge on any atom is -0.333 e. The molecular formula is C24H20F6N2O. The van der Waals surface area contributed by atoms with Crippen molar-refractivity contribution in [1.82, 2.24) is 10.2 Å². The predicted octanol–water partition coefficient (Wildman–Crippen LogP) is 5.53. The van der Waals surface area contributed by atoms with Crippen LogP contribution < -0.4 is 5.32 Å². The Hall–Kier alpha value is -3.07. The number of hydrogen-bond acceptors (Lipinski definition) is 2. The molecular weight excluding hydrogens is 446 g/mol. The zero-order valence-corrected chi connectivity index (χ0v) is 17.3. The predicted molar refractivity (Wildman–Crippen MR) is 112 cm³/mol. The van der Waals surface area contributed by atoms with Crippen molar-refractivity contribution in [2.45, 2.75) is 24.8 Å². The van der Waals surface area contributed by atoms with Crippen molar-refractivity contribution in [3.63, 3.8) is 0 Å². The first-order valence-electron chi connectivity index (χ1n) is 10.3. The summed E-state index contributed by atoms with van der Waals surface area (Å²) in [5.74, 6) is -1.05. The van der Waals surface area contributed by atoms with Crippen molar-refractivity contribution in [1.29, 1.82) is 0 Å². The van der Waals surface area contributed by atoms with Gasteiger partial charge in [-0.3, -0.25) is 4.79 Å². The van der Waals surface area contributed by atoms with Gasteiger partial charge < -0.3 is 10.2 Å². The molecule has 0 unspecified atom stereocenters. The van der Waals surface area contributed by atoms with Crippen LogP contribution in [0.1, 0.15) is 27.0 Å². The number of benzene rings is 3. The molecule has 0 saturated carbocycles. The highest BCUT2D eigenvalue weighted by molar-refractivity contribution is 5.96. The van der Waals surface area contributed by atoms with Crippen molar-refractivity contribution in [2.24, 2.45) is 0 Å². The smallest absolute Gasteiger partial charge is 0.333 e. The van der Waals surface area contributed by atoms with E-state index in [9.17, 15) is 31.1 Å². The third kappa shape index (κ3) is 4.98. The molecule has 1 aliphatic heterocycles. The Kier molecular flexibility index (Phi) is 6.09. The molecule has 1 heterocycles. The Morgan fingerprint density at radius 2 is 1.64 bits per heavy atom. The molecule has 9 heteroatoms. The molecule has 1 atom stereocenters. The molecule has 3 aromatic rings. The van der Waals surface area contributed by atoms with Crippen LogP contribution in [0.4, 0.5) is 26.3 Å². The number of nitrogens with one attached hydrogen (secondary N) is 1. The Morgan fingerprint density at radius 3 is 2.33 bits per heavy atom. The summed E-state index contributed by atoms with van der Waals surface area (Å²) in [6.45, 7) is 0.740. The summed E-state index contributed by atoms with van der Waals surface area (Å²) in [4.78, 5) is 14.4. The fourth-order valence-electron chi connectivity index (χ4n) is 4.15. The van der Waals surface area contributed by atoms with Crippen LogP contribution in [0, 0.1) is 0 Å². The van der Waals surface area contributed by atoms with Crippen molar-refractivity contribution in [2.75, 3.05) is 19.6 Å². The number of carbonyl (C=O) groups excluding carboxylic acids is 1. The van der Waals surface area contributed by atoms with Gasteiger partial charge in [0.15, 0.2) is 0 Å². The second kappa shape index (κ2) is 8.70. The number of nitrogens with zero attached hydrogens (tertiary/aromatic N) is 1. The van der Waals surface area contributed by atoms with E-state index in [1.165, 1.54) is 4.90 Å². The number of amides is 1. The normalized spacial score (nSPS) is 17.4. The standard InChI is InChI=1S/C24H20F6N2O/c25-23(26,27)18-7-8-21(24(28,29)30)20(13-18)22(33)32-10-9-31-14-19(32)12-15-5-6-16-3-1-2-4-17(16)11-15/h1-8,11,13,19,31H,9-10,12,14H2/t19-/m1/s1. The van der Waals surface area contributed by atoms with E-state index >= 15 is 0 Å². The summed E-state index contributed by atoms with van der Waals surface area (Å²) in [7, 11) is 0. The summed E-state index contributed by atoms with van der Waals surface area (Å²) in [5, 5.41) is 5.12. The minimum absolute atomic E-state index is 0.0879. The van der Waals surface area contributed by atoms with E-state index in [0.717, 1.165) is 16.3 Å². The SMILES string of the molecule is O=C(c1cc(C(F)(F)F)ccc1C(F)(F)F)N1CCNC[C@H]1Cc1ccc2ccccc2c1. The van der Waals surface area contributed by atoms with Gasteiger partial charge in [-0.15, -0.1) is 0 Å². The molecule has 0 spiro atoms. The average molecular weight is 466 g/mol. The average Bonchev–Trinajstić information content (AvgIpc) is 2.77. The van der Waals surface area contributed by atoms with E-state index in [2.05, 4.69) is 5.32 Å². The van der Waals surface area contributed by atoms with Gasteiger partial charge in [0, 0.05) is 25.7 Å². The van der Waals surface area contributed by atoms with Crippen LogP contribution in [0.25, 0.3) is 10.8 Å². The molecule has 4 rings (SSSR count). The molecule has 174 valence electrons. The van der Waals surface area contributed by atoms with Gasteiger partial charge in [-0.25, -0.2) is 0 Å². The monoisotopic (exact) mass is 466 g/mol. The number of carbonyl (C=O) groups is 1. The Morgan fingerprint density at radius 1 is 0.909 bits per heavy atom. The van der Waals surface area contributed by atoms with Gasteiger partial charge in [0.2, 0.25) is 0 Å². The number of halogens is 6. The van der Waals surface area contributed by atoms with Crippen molar-refractivity contribution < 1.29 is 31.1 Å². The van der Waals surface area contributed by atoms with Crippen LogP contribution in [0.15, 0.2) is 60.7 Å². The first kappa shape index (κ1) is 23.1. The van der Waals surface area contributed by atoms with Crippen molar-refractivity contribution in [3.8, 4) is 0 Å². The van der Waals surface area contributed by atoms with Crippen LogP contribution in [-0.4, -0.2) is 36.5 Å². The van der Waals surface area contributed by atoms with E-state index in [1.54, 1.807) is 0 Å². The highest BCUT2D eigenvalue weighted by Gasteiger charge is 2.40. The molecule has 1 N–H and O–H groups in total. The zero-order chi connectivity index (χ0) is 23.8. The van der Waals surface area contributed by atoms with E-state index in [0.29, 0.717) is 37.7 Å². The molecule has 33 heavy (non-hydrogen) atoms. The summed E-state index contributed by atoms with van der Waals surface area (Å²) >= 11 is 0. The summed E-state index contributed by atoms with van der Waals surface area (Å²) < 4.78 is 80.1. The fourth-order valence-corrected chi connectivity index (χ4v) is 4.15. The summed E-state index contributed by atoms with van der Waals surface area (Å²) in [5.41, 5.74) is -2.77. The number of piperazine rings is 1. The lowest BCUT2D eigenvalue weighted by atomic mass is 9.97. The van der Waals surface area contributed by atoms with Gasteiger partial charge in [-0.2, -0.15) is 26.3 Å². The van der Waals surface area contributed by atoms with Crippen LogP contribution in [0.2, 0.25) is 0 Å². The highest BCUT2D eigenvalue weighted by Crippen LogP contribution is 2.37. The van der Waals surface area contributed by atoms with Gasteiger partial charge >= 0.3 is 12.4 Å². The van der Waals surface area contributed by atoms with Gasteiger partial charge in [-0.1, -0.05) is 42.5 Å². The molecule has 3 aromatic carbocycles. The van der Waals surface area contributed by atoms with E-state index in [4.69, 9.17) is 0 Å². The lowest BCUT2D eigenvalue weighted by molar-refractivity contribution is -0.141. The Balaban J connectivity index is 1.68. The zero-order valence-electron chi connectivity index (χ0n) is 17.3. The lowest BCUT2D eigenvalue weighted by Gasteiger charge is -2.37. The molecule has 1 amide bonds. The van der Waals surface area contributed by atoms with E-state index in [-0.39, 0.29) is 6.54 Å². The first-order chi connectivity index (χ1) is 15.5. The Bertz CT molecular complexity index is 1170. The number of fused-ring (bicyclic) bond motifs is 1. The molecule has 0 aliphatic carbocycles. The number of hydrogen-bond donors (Lipinski definition) is 1. The van der Waals surface area contributed by atoms with Gasteiger partial charge in [0.05, 0.1) is 16.7 Å². The fraction of sp³-hybridized carbons (Fsp3) is 0.292. The quantitative estimate of drug-likeness (QED) is 0.515. The van der Waals surface area contributed by atoms with Gasteiger partial charge in [0.1, 0.15) is 0 Å². The third-order valence-corrected chi connectivity index (χ3v) is 5.78. The first-order valence-corrected chi connectivity index (χ1v) is 10.3. The minimum atomic E-state index is -4.96. The van der Waals surface area contributed by atoms with Crippen LogP contribution in [-0.2, 0) is 18.8 Å². The second-order valence-corrected chi connectivity index (χ2v) is 8.00. The molecule has 1 aliphatic rings. The Labute approximate surface area is 186 Å². The summed E-state index contributed by atoms with van der Waals surface area (Å²) in [6, 6.07) is 13.9. The van der Waals surface area contributed by atoms with Gasteiger partial charge in [-0.05, 0) is 41.0 Å². The van der Waals surface area contributed by atoms with Crippen LogP contribution >= 0.6 is 0 Å². The molecule has 0 bridgehead atoms. The third-order valence-electron chi connectivity index (χ3n) is 5.78. The molecule has 3 nitrogen and oxygen atoms in total. The van der Waals surface area contributed by atoms with E-state index in [1.807, 2.05) is 42.5 Å². The summed E-state index contributed by atoms with van der Waals surface area (Å²) in [6.07, 6.45) is -9.48. The van der Waals surface area contributed by atoms with Crippen molar-refractivity contribution in [3.05, 3.63) is 82.9 Å². The van der Waals surface area contributed by atoms with E-state index < -0.39 is 41.0 Å². The van der Waals surface area contributed by atoms with Gasteiger partial charge in [0.25, 0.3) is 5.91 Å². The number of rotatable bonds is 3.